The Labute approximate surface area is 250 Å². The summed E-state index contributed by atoms with van der Waals surface area (Å²) in [7, 11) is 0. The highest BCUT2D eigenvalue weighted by atomic mass is 16.6. The van der Waals surface area contributed by atoms with E-state index in [1.807, 2.05) is 64.1 Å². The summed E-state index contributed by atoms with van der Waals surface area (Å²) in [5, 5.41) is 5.74. The van der Waals surface area contributed by atoms with E-state index in [4.69, 9.17) is 10.5 Å². The Balaban J connectivity index is 2.65. The van der Waals surface area contributed by atoms with Crippen LogP contribution in [0.15, 0.2) is 36.4 Å². The first-order valence-electron chi connectivity index (χ1n) is 14.7. The number of nitrogens with two attached hydrogens (primary N) is 1. The first-order chi connectivity index (χ1) is 19.7. The monoisotopic (exact) mass is 580 g/mol. The zero-order valence-corrected chi connectivity index (χ0v) is 26.4. The van der Waals surface area contributed by atoms with Crippen LogP contribution in [-0.4, -0.2) is 46.9 Å². The van der Waals surface area contributed by atoms with Crippen molar-refractivity contribution in [3.8, 4) is 0 Å². The third-order valence-corrected chi connectivity index (χ3v) is 7.18. The Bertz CT molecular complexity index is 1250. The highest BCUT2D eigenvalue weighted by Crippen LogP contribution is 2.30. The molecule has 0 fully saturated rings. The lowest BCUT2D eigenvalue weighted by atomic mass is 9.94. The van der Waals surface area contributed by atoms with Crippen molar-refractivity contribution >= 4 is 29.5 Å². The zero-order valence-electron chi connectivity index (χ0n) is 26.4. The fourth-order valence-electron chi connectivity index (χ4n) is 4.82. The predicted molar refractivity (Wildman–Crippen MR) is 166 cm³/mol. The average molecular weight is 581 g/mol. The summed E-state index contributed by atoms with van der Waals surface area (Å²) in [5.74, 6) is -1.45. The Hall–Kier alpha value is -3.88. The van der Waals surface area contributed by atoms with Gasteiger partial charge in [-0.25, -0.2) is 4.79 Å². The number of benzene rings is 2. The van der Waals surface area contributed by atoms with E-state index in [0.29, 0.717) is 17.7 Å². The molecule has 0 saturated carbocycles. The van der Waals surface area contributed by atoms with Crippen LogP contribution in [0.1, 0.15) is 93.7 Å². The maximum Gasteiger partial charge on any atom is 0.408 e. The molecule has 4 amide bonds. The van der Waals surface area contributed by atoms with Crippen molar-refractivity contribution in [2.75, 3.05) is 11.9 Å². The van der Waals surface area contributed by atoms with E-state index in [-0.39, 0.29) is 25.3 Å². The van der Waals surface area contributed by atoms with Gasteiger partial charge in [-0.15, -0.1) is 0 Å². The maximum atomic E-state index is 14.4. The van der Waals surface area contributed by atoms with E-state index in [2.05, 4.69) is 17.6 Å². The second-order valence-electron chi connectivity index (χ2n) is 11.9. The molecule has 9 heteroatoms. The van der Waals surface area contributed by atoms with Crippen LogP contribution in [0.3, 0.4) is 0 Å². The number of nitrogens with one attached hydrogen (secondary N) is 2. The molecule has 0 saturated heterocycles. The van der Waals surface area contributed by atoms with Gasteiger partial charge in [0.2, 0.25) is 11.8 Å². The van der Waals surface area contributed by atoms with E-state index in [1.165, 1.54) is 4.90 Å². The van der Waals surface area contributed by atoms with Gasteiger partial charge in [0, 0.05) is 18.7 Å². The molecule has 230 valence electrons. The summed E-state index contributed by atoms with van der Waals surface area (Å²) in [4.78, 5) is 54.7. The van der Waals surface area contributed by atoms with E-state index in [1.54, 1.807) is 20.8 Å². The summed E-state index contributed by atoms with van der Waals surface area (Å²) in [5.41, 5.74) is 9.68. The Morgan fingerprint density at radius 2 is 1.52 bits per heavy atom. The standard InChI is InChI=1S/C33H48N4O5/c1-9-10-11-20-37(31(40)26(18-19-27(34)38)35-32(41)42-33(6,7)8)29(25-17-13-14-21(2)24(25)5)30(39)36-28-22(3)15-12-16-23(28)4/h12-17,26,29H,9-11,18-20H2,1-8H3,(H2,34,38)(H,35,41)(H,36,39). The molecule has 2 rings (SSSR count). The molecule has 2 aromatic carbocycles. The minimum atomic E-state index is -1.13. The smallest absolute Gasteiger partial charge is 0.408 e. The second kappa shape index (κ2) is 15.4. The lowest BCUT2D eigenvalue weighted by Crippen LogP contribution is -2.53. The SMILES string of the molecule is CCCCCN(C(=O)C(CCC(N)=O)NC(=O)OC(C)(C)C)C(C(=O)Nc1c(C)cccc1C)c1cccc(C)c1C. The number of primary amides is 1. The third kappa shape index (κ3) is 9.89. The minimum Gasteiger partial charge on any atom is -0.444 e. The second-order valence-corrected chi connectivity index (χ2v) is 11.9. The molecule has 2 aromatic rings. The summed E-state index contributed by atoms with van der Waals surface area (Å²) in [6.07, 6.45) is 1.45. The number of ether oxygens (including phenoxy) is 1. The Morgan fingerprint density at radius 1 is 0.929 bits per heavy atom. The quantitative estimate of drug-likeness (QED) is 0.259. The van der Waals surface area contributed by atoms with Gasteiger partial charge in [-0.05, 0) is 89.1 Å². The van der Waals surface area contributed by atoms with Crippen LogP contribution >= 0.6 is 0 Å². The average Bonchev–Trinajstić information content (AvgIpc) is 2.89. The van der Waals surface area contributed by atoms with Crippen LogP contribution in [0.2, 0.25) is 0 Å². The molecule has 0 heterocycles. The topological polar surface area (TPSA) is 131 Å². The number of carbonyl (C=O) groups excluding carboxylic acids is 4. The van der Waals surface area contributed by atoms with E-state index >= 15 is 0 Å². The molecule has 0 bridgehead atoms. The summed E-state index contributed by atoms with van der Waals surface area (Å²) >= 11 is 0. The van der Waals surface area contributed by atoms with Gasteiger partial charge in [-0.3, -0.25) is 14.4 Å². The lowest BCUT2D eigenvalue weighted by molar-refractivity contribution is -0.141. The van der Waals surface area contributed by atoms with Crippen LogP contribution in [-0.2, 0) is 19.1 Å². The number of carbonyl (C=O) groups is 4. The molecule has 0 aliphatic rings. The van der Waals surface area contributed by atoms with Crippen molar-refractivity contribution in [3.05, 3.63) is 64.2 Å². The van der Waals surface area contributed by atoms with Crippen LogP contribution in [0.4, 0.5) is 10.5 Å². The molecule has 2 atom stereocenters. The van der Waals surface area contributed by atoms with E-state index in [9.17, 15) is 19.2 Å². The normalized spacial score (nSPS) is 12.7. The number of unbranched alkanes of at least 4 members (excludes halogenated alkanes) is 2. The van der Waals surface area contributed by atoms with Gasteiger partial charge in [0.05, 0.1) is 0 Å². The number of anilines is 1. The van der Waals surface area contributed by atoms with Crippen molar-refractivity contribution in [1.82, 2.24) is 10.2 Å². The molecule has 0 aliphatic heterocycles. The van der Waals surface area contributed by atoms with Crippen LogP contribution in [0, 0.1) is 27.7 Å². The molecule has 42 heavy (non-hydrogen) atoms. The number of alkyl carbamates (subject to hydrolysis) is 1. The summed E-state index contributed by atoms with van der Waals surface area (Å²) in [6.45, 7) is 15.2. The summed E-state index contributed by atoms with van der Waals surface area (Å²) < 4.78 is 5.42. The molecular weight excluding hydrogens is 532 g/mol. The zero-order chi connectivity index (χ0) is 31.6. The van der Waals surface area contributed by atoms with Crippen molar-refractivity contribution in [2.45, 2.75) is 105 Å². The number of nitrogens with zero attached hydrogens (tertiary/aromatic N) is 1. The largest absolute Gasteiger partial charge is 0.444 e. The van der Waals surface area contributed by atoms with Gasteiger partial charge in [-0.1, -0.05) is 56.2 Å². The number of hydrogen-bond acceptors (Lipinski definition) is 5. The van der Waals surface area contributed by atoms with E-state index < -0.39 is 35.6 Å². The van der Waals surface area contributed by atoms with Crippen molar-refractivity contribution in [2.24, 2.45) is 5.73 Å². The molecule has 0 spiro atoms. The van der Waals surface area contributed by atoms with Crippen LogP contribution < -0.4 is 16.4 Å². The maximum absolute atomic E-state index is 14.4. The van der Waals surface area contributed by atoms with Crippen molar-refractivity contribution in [1.29, 1.82) is 0 Å². The lowest BCUT2D eigenvalue weighted by Gasteiger charge is -2.35. The highest BCUT2D eigenvalue weighted by molar-refractivity contribution is 6.00. The number of para-hydroxylation sites is 1. The number of hydrogen-bond donors (Lipinski definition) is 3. The molecule has 0 aromatic heterocycles. The molecule has 9 nitrogen and oxygen atoms in total. The highest BCUT2D eigenvalue weighted by Gasteiger charge is 2.37. The van der Waals surface area contributed by atoms with Gasteiger partial charge in [0.1, 0.15) is 17.7 Å². The molecule has 4 N–H and O–H groups in total. The predicted octanol–water partition coefficient (Wildman–Crippen LogP) is 5.78. The first kappa shape index (κ1) is 34.3. The molecule has 0 radical (unpaired) electrons. The van der Waals surface area contributed by atoms with Gasteiger partial charge in [-0.2, -0.15) is 0 Å². The number of aryl methyl sites for hydroxylation is 3. The Morgan fingerprint density at radius 3 is 2.10 bits per heavy atom. The van der Waals surface area contributed by atoms with Crippen molar-refractivity contribution < 1.29 is 23.9 Å². The first-order valence-corrected chi connectivity index (χ1v) is 14.7. The van der Waals surface area contributed by atoms with Gasteiger partial charge in [0.25, 0.3) is 5.91 Å². The fraction of sp³-hybridized carbons (Fsp3) is 0.515. The van der Waals surface area contributed by atoms with Gasteiger partial charge < -0.3 is 26.0 Å². The van der Waals surface area contributed by atoms with Gasteiger partial charge in [0.15, 0.2) is 0 Å². The molecule has 2 unspecified atom stereocenters. The van der Waals surface area contributed by atoms with Crippen LogP contribution in [0.5, 0.6) is 0 Å². The van der Waals surface area contributed by atoms with Crippen molar-refractivity contribution in [3.63, 3.8) is 0 Å². The number of rotatable bonds is 13. The van der Waals surface area contributed by atoms with Gasteiger partial charge >= 0.3 is 6.09 Å². The Kier molecular flexibility index (Phi) is 12.6. The van der Waals surface area contributed by atoms with E-state index in [0.717, 1.165) is 35.1 Å². The summed E-state index contributed by atoms with van der Waals surface area (Å²) in [6, 6.07) is 9.33. The number of amides is 4. The third-order valence-electron chi connectivity index (χ3n) is 7.18. The fourth-order valence-corrected chi connectivity index (χ4v) is 4.82. The minimum absolute atomic E-state index is 0.0320. The molecular formula is C33H48N4O5. The van der Waals surface area contributed by atoms with Crippen LogP contribution in [0.25, 0.3) is 0 Å². The molecule has 0 aliphatic carbocycles.